The van der Waals surface area contributed by atoms with Crippen LogP contribution >= 0.6 is 0 Å². The van der Waals surface area contributed by atoms with E-state index in [1.54, 1.807) is 0 Å². The molecule has 2 atom stereocenters. The van der Waals surface area contributed by atoms with E-state index in [9.17, 15) is 9.90 Å². The third-order valence-electron chi connectivity index (χ3n) is 4.42. The van der Waals surface area contributed by atoms with E-state index in [0.717, 1.165) is 18.8 Å². The first-order valence-corrected chi connectivity index (χ1v) is 8.84. The predicted molar refractivity (Wildman–Crippen MR) is 96.8 cm³/mol. The Balaban J connectivity index is 1.51. The Hall–Kier alpha value is -2.51. The topological polar surface area (TPSA) is 87.6 Å². The number of nitrogens with one attached hydrogen (secondary N) is 1. The number of benzene rings is 1. The molecule has 1 saturated heterocycles. The lowest BCUT2D eigenvalue weighted by atomic mass is 10.0. The van der Waals surface area contributed by atoms with Gasteiger partial charge in [0.15, 0.2) is 0 Å². The van der Waals surface area contributed by atoms with Crippen LogP contribution in [0.3, 0.4) is 0 Å². The van der Waals surface area contributed by atoms with Gasteiger partial charge < -0.3 is 15.2 Å². The first kappa shape index (κ1) is 18.3. The van der Waals surface area contributed by atoms with Crippen molar-refractivity contribution in [1.82, 2.24) is 20.2 Å². The van der Waals surface area contributed by atoms with Crippen molar-refractivity contribution in [3.63, 3.8) is 0 Å². The smallest absolute Gasteiger partial charge is 0.271 e. The number of aromatic nitrogens is 2. The summed E-state index contributed by atoms with van der Waals surface area (Å²) in [7, 11) is 0. The highest BCUT2D eigenvalue weighted by molar-refractivity contribution is 5.92. The third kappa shape index (κ3) is 4.77. The average molecular weight is 356 g/mol. The van der Waals surface area contributed by atoms with Gasteiger partial charge in [-0.2, -0.15) is 0 Å². The van der Waals surface area contributed by atoms with E-state index in [1.807, 2.05) is 31.2 Å². The Bertz CT molecular complexity index is 708. The van der Waals surface area contributed by atoms with Crippen molar-refractivity contribution in [3.8, 4) is 5.75 Å². The Morgan fingerprint density at radius 1 is 1.35 bits per heavy atom. The molecule has 7 nitrogen and oxygen atoms in total. The van der Waals surface area contributed by atoms with Crippen molar-refractivity contribution in [1.29, 1.82) is 0 Å². The van der Waals surface area contributed by atoms with Gasteiger partial charge in [0.1, 0.15) is 11.4 Å². The summed E-state index contributed by atoms with van der Waals surface area (Å²) in [6.07, 6.45) is 4.48. The highest BCUT2D eigenvalue weighted by atomic mass is 16.5. The van der Waals surface area contributed by atoms with Gasteiger partial charge in [0.2, 0.25) is 0 Å². The summed E-state index contributed by atoms with van der Waals surface area (Å²) in [5, 5.41) is 13.3. The summed E-state index contributed by atoms with van der Waals surface area (Å²) < 4.78 is 5.45. The summed E-state index contributed by atoms with van der Waals surface area (Å²) in [6.45, 7) is 4.69. The maximum atomic E-state index is 12.2. The van der Waals surface area contributed by atoms with Gasteiger partial charge >= 0.3 is 0 Å². The van der Waals surface area contributed by atoms with Gasteiger partial charge in [-0.25, -0.2) is 4.98 Å². The molecular formula is C19H24N4O3. The van der Waals surface area contributed by atoms with Crippen molar-refractivity contribution in [3.05, 3.63) is 54.1 Å². The molecule has 2 N–H and O–H groups in total. The van der Waals surface area contributed by atoms with Crippen LogP contribution in [0.15, 0.2) is 42.9 Å². The SMILES string of the molecule is CCOc1ccc(CN2CC[C@@H](NC(=O)c3cnccn3)[C@H](O)C2)cc1. The van der Waals surface area contributed by atoms with E-state index in [2.05, 4.69) is 20.2 Å². The van der Waals surface area contributed by atoms with Crippen molar-refractivity contribution >= 4 is 5.91 Å². The monoisotopic (exact) mass is 356 g/mol. The third-order valence-corrected chi connectivity index (χ3v) is 4.42. The molecule has 1 aromatic carbocycles. The molecule has 0 aliphatic carbocycles. The highest BCUT2D eigenvalue weighted by Crippen LogP contribution is 2.17. The van der Waals surface area contributed by atoms with Gasteiger partial charge in [0, 0.05) is 32.0 Å². The Morgan fingerprint density at radius 2 is 2.15 bits per heavy atom. The van der Waals surface area contributed by atoms with Gasteiger partial charge in [0.25, 0.3) is 5.91 Å². The van der Waals surface area contributed by atoms with Crippen LogP contribution in [0.2, 0.25) is 0 Å². The molecular weight excluding hydrogens is 332 g/mol. The molecule has 0 unspecified atom stereocenters. The first-order valence-electron chi connectivity index (χ1n) is 8.84. The predicted octanol–water partition coefficient (Wildman–Crippen LogP) is 1.24. The fraction of sp³-hybridized carbons (Fsp3) is 0.421. The maximum absolute atomic E-state index is 12.2. The second-order valence-electron chi connectivity index (χ2n) is 6.34. The number of carbonyl (C=O) groups excluding carboxylic acids is 1. The van der Waals surface area contributed by atoms with Crippen LogP contribution in [-0.4, -0.2) is 57.7 Å². The molecule has 1 aliphatic rings. The van der Waals surface area contributed by atoms with Crippen LogP contribution in [0.5, 0.6) is 5.75 Å². The molecule has 138 valence electrons. The maximum Gasteiger partial charge on any atom is 0.271 e. The van der Waals surface area contributed by atoms with Crippen molar-refractivity contribution in [2.75, 3.05) is 19.7 Å². The Kier molecular flexibility index (Phi) is 6.14. The molecule has 7 heteroatoms. The first-order chi connectivity index (χ1) is 12.7. The van der Waals surface area contributed by atoms with E-state index in [0.29, 0.717) is 19.6 Å². The minimum absolute atomic E-state index is 0.261. The number of ether oxygens (including phenoxy) is 1. The van der Waals surface area contributed by atoms with Crippen LogP contribution in [0.4, 0.5) is 0 Å². The van der Waals surface area contributed by atoms with Crippen LogP contribution in [0.1, 0.15) is 29.4 Å². The molecule has 0 radical (unpaired) electrons. The molecule has 0 saturated carbocycles. The number of rotatable bonds is 6. The Morgan fingerprint density at radius 3 is 2.81 bits per heavy atom. The van der Waals surface area contributed by atoms with Gasteiger partial charge in [0.05, 0.1) is 24.9 Å². The molecule has 1 aliphatic heterocycles. The van der Waals surface area contributed by atoms with Crippen LogP contribution in [0, 0.1) is 0 Å². The largest absolute Gasteiger partial charge is 0.494 e. The molecule has 1 amide bonds. The van der Waals surface area contributed by atoms with E-state index >= 15 is 0 Å². The molecule has 3 rings (SSSR count). The molecule has 2 heterocycles. The van der Waals surface area contributed by atoms with E-state index < -0.39 is 6.10 Å². The minimum atomic E-state index is -0.618. The number of carbonyl (C=O) groups is 1. The number of aliphatic hydroxyl groups is 1. The number of amides is 1. The standard InChI is InChI=1S/C19H24N4O3/c1-2-26-15-5-3-14(4-6-15)12-23-10-7-16(18(24)13-23)22-19(25)17-11-20-8-9-21-17/h3-6,8-9,11,16,18,24H,2,7,10,12-13H2,1H3,(H,22,25)/t16-,18-/m1/s1. The molecule has 0 bridgehead atoms. The molecule has 0 spiro atoms. The lowest BCUT2D eigenvalue weighted by Gasteiger charge is -2.36. The van der Waals surface area contributed by atoms with E-state index in [4.69, 9.17) is 4.74 Å². The number of β-amino-alcohol motifs (C(OH)–C–C–N with tert-alkyl or cyclic N) is 1. The lowest BCUT2D eigenvalue weighted by molar-refractivity contribution is 0.0348. The number of piperidine rings is 1. The van der Waals surface area contributed by atoms with Crippen molar-refractivity contribution < 1.29 is 14.6 Å². The summed E-state index contributed by atoms with van der Waals surface area (Å²) in [5.74, 6) is 0.559. The number of nitrogens with zero attached hydrogens (tertiary/aromatic N) is 3. The number of likely N-dealkylation sites (tertiary alicyclic amines) is 1. The second-order valence-corrected chi connectivity index (χ2v) is 6.34. The molecule has 26 heavy (non-hydrogen) atoms. The molecule has 1 fully saturated rings. The number of aliphatic hydroxyl groups excluding tert-OH is 1. The zero-order valence-corrected chi connectivity index (χ0v) is 14.8. The Labute approximate surface area is 153 Å². The summed E-state index contributed by atoms with van der Waals surface area (Å²) >= 11 is 0. The number of hydrogen-bond acceptors (Lipinski definition) is 6. The van der Waals surface area contributed by atoms with Crippen LogP contribution < -0.4 is 10.1 Å². The second kappa shape index (κ2) is 8.73. The quantitative estimate of drug-likeness (QED) is 0.810. The lowest BCUT2D eigenvalue weighted by Crippen LogP contribution is -2.53. The van der Waals surface area contributed by atoms with Gasteiger partial charge in [-0.05, 0) is 31.0 Å². The zero-order chi connectivity index (χ0) is 18.4. The number of hydrogen-bond donors (Lipinski definition) is 2. The highest BCUT2D eigenvalue weighted by Gasteiger charge is 2.29. The van der Waals surface area contributed by atoms with Gasteiger partial charge in [-0.15, -0.1) is 0 Å². The van der Waals surface area contributed by atoms with Gasteiger partial charge in [-0.1, -0.05) is 12.1 Å². The van der Waals surface area contributed by atoms with E-state index in [-0.39, 0.29) is 17.6 Å². The van der Waals surface area contributed by atoms with E-state index in [1.165, 1.54) is 24.2 Å². The summed E-state index contributed by atoms with van der Waals surface area (Å²) in [4.78, 5) is 22.2. The summed E-state index contributed by atoms with van der Waals surface area (Å²) in [5.41, 5.74) is 1.43. The van der Waals surface area contributed by atoms with Crippen molar-refractivity contribution in [2.24, 2.45) is 0 Å². The van der Waals surface area contributed by atoms with Crippen LogP contribution in [0.25, 0.3) is 0 Å². The fourth-order valence-electron chi connectivity index (χ4n) is 3.08. The van der Waals surface area contributed by atoms with Crippen LogP contribution in [-0.2, 0) is 6.54 Å². The molecule has 2 aromatic rings. The summed E-state index contributed by atoms with van der Waals surface area (Å²) in [6, 6.07) is 7.73. The fourth-order valence-corrected chi connectivity index (χ4v) is 3.08. The van der Waals surface area contributed by atoms with Crippen molar-refractivity contribution in [2.45, 2.75) is 32.0 Å². The normalized spacial score (nSPS) is 20.5. The minimum Gasteiger partial charge on any atom is -0.494 e. The van der Waals surface area contributed by atoms with Gasteiger partial charge in [-0.3, -0.25) is 14.7 Å². The molecule has 1 aromatic heterocycles. The zero-order valence-electron chi connectivity index (χ0n) is 14.8. The average Bonchev–Trinajstić information content (AvgIpc) is 2.66.